The minimum atomic E-state index is 0.239. The predicted molar refractivity (Wildman–Crippen MR) is 129 cm³/mol. The maximum atomic E-state index is 5.75. The number of nitrogens with zero attached hydrogens (tertiary/aromatic N) is 8. The summed E-state index contributed by atoms with van der Waals surface area (Å²) in [4.78, 5) is 29.2. The lowest BCUT2D eigenvalue weighted by Gasteiger charge is -2.28. The van der Waals surface area contributed by atoms with Gasteiger partial charge in [-0.15, -0.1) is 0 Å². The lowest BCUT2D eigenvalue weighted by Crippen LogP contribution is -2.37. The number of anilines is 4. The van der Waals surface area contributed by atoms with Crippen LogP contribution in [0.4, 0.5) is 23.4 Å². The second-order valence-electron chi connectivity index (χ2n) is 8.51. The number of rotatable bonds is 7. The van der Waals surface area contributed by atoms with E-state index in [2.05, 4.69) is 29.7 Å². The monoisotopic (exact) mass is 463 g/mol. The Bertz CT molecular complexity index is 1120. The molecule has 11 heteroatoms. The number of fused-ring (bicyclic) bond motifs is 1. The number of likely N-dealkylation sites (N-methyl/N-ethyl adjacent to an activating group) is 1. The van der Waals surface area contributed by atoms with Gasteiger partial charge in [0.15, 0.2) is 0 Å². The Labute approximate surface area is 198 Å². The Morgan fingerprint density at radius 3 is 2.53 bits per heavy atom. The van der Waals surface area contributed by atoms with Crippen molar-refractivity contribution in [1.82, 2.24) is 29.8 Å². The topological polar surface area (TPSA) is 119 Å². The van der Waals surface area contributed by atoms with Gasteiger partial charge in [-0.05, 0) is 26.6 Å². The first-order valence-electron chi connectivity index (χ1n) is 11.4. The molecule has 178 valence electrons. The van der Waals surface area contributed by atoms with E-state index >= 15 is 0 Å². The van der Waals surface area contributed by atoms with E-state index in [-0.39, 0.29) is 5.95 Å². The highest BCUT2D eigenvalue weighted by atomic mass is 16.5. The zero-order valence-corrected chi connectivity index (χ0v) is 19.5. The van der Waals surface area contributed by atoms with Crippen LogP contribution >= 0.6 is 0 Å². The maximum Gasteiger partial charge on any atom is 0.228 e. The van der Waals surface area contributed by atoms with Crippen molar-refractivity contribution < 1.29 is 9.47 Å². The van der Waals surface area contributed by atoms with Crippen molar-refractivity contribution in [2.45, 2.75) is 6.42 Å². The van der Waals surface area contributed by atoms with Crippen LogP contribution in [0.2, 0.25) is 0 Å². The second kappa shape index (κ2) is 9.74. The third-order valence-corrected chi connectivity index (χ3v) is 5.87. The molecular weight excluding hydrogens is 434 g/mol. The van der Waals surface area contributed by atoms with Crippen molar-refractivity contribution in [2.75, 3.05) is 75.6 Å². The highest BCUT2D eigenvalue weighted by Crippen LogP contribution is 2.39. The number of hydrogen-bond acceptors (Lipinski definition) is 11. The molecule has 2 aliphatic heterocycles. The van der Waals surface area contributed by atoms with Crippen LogP contribution in [0.5, 0.6) is 5.88 Å². The first-order valence-corrected chi connectivity index (χ1v) is 11.4. The molecule has 1 fully saturated rings. The minimum Gasteiger partial charge on any atom is -0.476 e. The molecule has 34 heavy (non-hydrogen) atoms. The first kappa shape index (κ1) is 22.2. The molecule has 0 unspecified atom stereocenters. The molecule has 0 saturated carbocycles. The molecule has 0 radical (unpaired) electrons. The molecule has 0 atom stereocenters. The summed E-state index contributed by atoms with van der Waals surface area (Å²) in [5, 5.41) is 0. The van der Waals surface area contributed by atoms with Crippen LogP contribution in [-0.4, -0.2) is 89.9 Å². The number of aromatic nitrogens is 5. The zero-order chi connectivity index (χ0) is 23.5. The number of ether oxygens (including phenoxy) is 2. The summed E-state index contributed by atoms with van der Waals surface area (Å²) in [6, 6.07) is 3.93. The summed E-state index contributed by atoms with van der Waals surface area (Å²) >= 11 is 0. The molecule has 0 bridgehead atoms. The van der Waals surface area contributed by atoms with Gasteiger partial charge < -0.3 is 29.9 Å². The van der Waals surface area contributed by atoms with Crippen molar-refractivity contribution in [1.29, 1.82) is 0 Å². The van der Waals surface area contributed by atoms with Crippen molar-refractivity contribution in [3.8, 4) is 17.1 Å². The van der Waals surface area contributed by atoms with Crippen molar-refractivity contribution in [3.63, 3.8) is 0 Å². The van der Waals surface area contributed by atoms with Gasteiger partial charge in [-0.1, -0.05) is 0 Å². The second-order valence-corrected chi connectivity index (χ2v) is 8.51. The first-order chi connectivity index (χ1) is 16.6. The summed E-state index contributed by atoms with van der Waals surface area (Å²) < 4.78 is 11.3. The lowest BCUT2D eigenvalue weighted by molar-refractivity contribution is 0.122. The van der Waals surface area contributed by atoms with Gasteiger partial charge in [0.2, 0.25) is 17.8 Å². The molecule has 0 aromatic carbocycles. The van der Waals surface area contributed by atoms with E-state index in [0.29, 0.717) is 31.6 Å². The fourth-order valence-corrected chi connectivity index (χ4v) is 4.05. The average Bonchev–Trinajstić information content (AvgIpc) is 3.29. The quantitative estimate of drug-likeness (QED) is 0.547. The zero-order valence-electron chi connectivity index (χ0n) is 19.5. The normalized spacial score (nSPS) is 15.6. The smallest absolute Gasteiger partial charge is 0.228 e. The van der Waals surface area contributed by atoms with Crippen LogP contribution in [0.25, 0.3) is 11.3 Å². The summed E-state index contributed by atoms with van der Waals surface area (Å²) in [5.41, 5.74) is 9.41. The van der Waals surface area contributed by atoms with Gasteiger partial charge in [0.25, 0.3) is 0 Å². The summed E-state index contributed by atoms with van der Waals surface area (Å²) in [5.74, 6) is 2.41. The molecule has 11 nitrogen and oxygen atoms in total. The highest BCUT2D eigenvalue weighted by Gasteiger charge is 2.29. The van der Waals surface area contributed by atoms with Crippen LogP contribution < -0.4 is 20.3 Å². The van der Waals surface area contributed by atoms with Crippen molar-refractivity contribution >= 4 is 23.4 Å². The SMILES string of the molecule is CN(C)CCOc1ccc(N2CCc3c(-c4cnc(N)nc4)nc(N4CCOCC4)nc32)cn1. The highest BCUT2D eigenvalue weighted by molar-refractivity contribution is 5.76. The fraction of sp³-hybridized carbons (Fsp3) is 0.435. The third kappa shape index (κ3) is 4.70. The van der Waals surface area contributed by atoms with Crippen LogP contribution in [0, 0.1) is 0 Å². The van der Waals surface area contributed by atoms with E-state index < -0.39 is 0 Å². The number of hydrogen-bond donors (Lipinski definition) is 1. The van der Waals surface area contributed by atoms with Crippen LogP contribution in [0.3, 0.4) is 0 Å². The van der Waals surface area contributed by atoms with Gasteiger partial charge in [-0.25, -0.2) is 19.9 Å². The number of nitrogen functional groups attached to an aromatic ring is 1. The molecule has 2 N–H and O–H groups in total. The Balaban J connectivity index is 1.47. The summed E-state index contributed by atoms with van der Waals surface area (Å²) in [6.45, 7) is 5.01. The third-order valence-electron chi connectivity index (χ3n) is 5.87. The molecule has 0 amide bonds. The van der Waals surface area contributed by atoms with Crippen LogP contribution in [0.15, 0.2) is 30.7 Å². The molecule has 3 aromatic rings. The van der Waals surface area contributed by atoms with Gasteiger partial charge in [-0.2, -0.15) is 4.98 Å². The van der Waals surface area contributed by atoms with Crippen molar-refractivity contribution in [2.24, 2.45) is 0 Å². The maximum absolute atomic E-state index is 5.75. The molecule has 5 rings (SSSR count). The summed E-state index contributed by atoms with van der Waals surface area (Å²) in [6.07, 6.45) is 6.08. The minimum absolute atomic E-state index is 0.239. The lowest BCUT2D eigenvalue weighted by atomic mass is 10.1. The molecule has 2 aliphatic rings. The van der Waals surface area contributed by atoms with Crippen LogP contribution in [-0.2, 0) is 11.2 Å². The molecule has 0 aliphatic carbocycles. The molecule has 0 spiro atoms. The molecule has 5 heterocycles. The molecular formula is C23H29N9O2. The largest absolute Gasteiger partial charge is 0.476 e. The summed E-state index contributed by atoms with van der Waals surface area (Å²) in [7, 11) is 4.03. The van der Waals surface area contributed by atoms with E-state index in [1.165, 1.54) is 0 Å². The Morgan fingerprint density at radius 1 is 1.03 bits per heavy atom. The molecule has 1 saturated heterocycles. The standard InChI is InChI=1S/C23H29N9O2/c1-30(2)7-12-34-19-4-3-17(15-25-19)32-6-5-18-20(16-13-26-22(24)27-14-16)28-23(29-21(18)32)31-8-10-33-11-9-31/h3-4,13-15H,5-12H2,1-2H3,(H2,24,26,27). The predicted octanol–water partition coefficient (Wildman–Crippen LogP) is 1.38. The number of pyridine rings is 1. The Hall–Kier alpha value is -3.57. The van der Waals surface area contributed by atoms with E-state index in [0.717, 1.165) is 60.9 Å². The Kier molecular flexibility index (Phi) is 6.37. The fourth-order valence-electron chi connectivity index (χ4n) is 4.05. The average molecular weight is 464 g/mol. The number of nitrogens with two attached hydrogens (primary N) is 1. The van der Waals surface area contributed by atoms with E-state index in [1.807, 2.05) is 32.4 Å². The van der Waals surface area contributed by atoms with Gasteiger partial charge in [0.05, 0.1) is 30.8 Å². The Morgan fingerprint density at radius 2 is 1.82 bits per heavy atom. The van der Waals surface area contributed by atoms with Gasteiger partial charge in [0.1, 0.15) is 12.4 Å². The molecule has 3 aromatic heterocycles. The van der Waals surface area contributed by atoms with Crippen molar-refractivity contribution in [3.05, 3.63) is 36.3 Å². The van der Waals surface area contributed by atoms with E-state index in [9.17, 15) is 0 Å². The van der Waals surface area contributed by atoms with Gasteiger partial charge in [0, 0.05) is 55.8 Å². The van der Waals surface area contributed by atoms with Gasteiger partial charge in [-0.3, -0.25) is 0 Å². The number of morpholine rings is 1. The van der Waals surface area contributed by atoms with Crippen LogP contribution in [0.1, 0.15) is 5.56 Å². The van der Waals surface area contributed by atoms with E-state index in [1.54, 1.807) is 12.4 Å². The van der Waals surface area contributed by atoms with E-state index in [4.69, 9.17) is 25.2 Å². The van der Waals surface area contributed by atoms with Gasteiger partial charge >= 0.3 is 0 Å².